The number of halogens is 2. The molecular weight excluding hydrogens is 448 g/mol. The van der Waals surface area contributed by atoms with Crippen molar-refractivity contribution < 1.29 is 25.8 Å². The highest BCUT2D eigenvalue weighted by molar-refractivity contribution is 14.1. The van der Waals surface area contributed by atoms with E-state index >= 15 is 0 Å². The van der Waals surface area contributed by atoms with Crippen molar-refractivity contribution in [3.8, 4) is 11.1 Å². The van der Waals surface area contributed by atoms with Gasteiger partial charge in [0, 0.05) is 14.7 Å². The Morgan fingerprint density at radius 3 is 2.14 bits per heavy atom. The summed E-state index contributed by atoms with van der Waals surface area (Å²) >= 11 is 1.84. The van der Waals surface area contributed by atoms with Crippen LogP contribution in [0, 0.1) is 9.39 Å². The first-order valence-electron chi connectivity index (χ1n) is 5.60. The molecule has 22 heavy (non-hydrogen) atoms. The van der Waals surface area contributed by atoms with Crippen molar-refractivity contribution in [3.63, 3.8) is 0 Å². The molecule has 3 N–H and O–H groups in total. The van der Waals surface area contributed by atoms with Crippen LogP contribution in [0.25, 0.3) is 11.1 Å². The molecule has 10 heteroatoms. The number of rotatable bonds is 3. The van der Waals surface area contributed by atoms with E-state index in [1.165, 1.54) is 12.1 Å². The second kappa shape index (κ2) is 5.85. The normalized spacial score (nSPS) is 12.4. The topological polar surface area (TPSA) is 115 Å². The van der Waals surface area contributed by atoms with Gasteiger partial charge in [-0.05, 0) is 46.9 Å². The molecule has 0 fully saturated rings. The highest BCUT2D eigenvalue weighted by Gasteiger charge is 2.26. The summed E-state index contributed by atoms with van der Waals surface area (Å²) in [5, 5.41) is 5.06. The van der Waals surface area contributed by atoms with Gasteiger partial charge < -0.3 is 0 Å². The van der Waals surface area contributed by atoms with E-state index in [-0.39, 0.29) is 5.56 Å². The second-order valence-electron chi connectivity index (χ2n) is 4.27. The third-order valence-electron chi connectivity index (χ3n) is 2.77. The molecule has 0 aromatic heterocycles. The molecule has 0 aliphatic carbocycles. The van der Waals surface area contributed by atoms with Crippen LogP contribution in [-0.2, 0) is 20.1 Å². The minimum absolute atomic E-state index is 0.294. The third-order valence-corrected chi connectivity index (χ3v) is 5.29. The molecule has 0 amide bonds. The second-order valence-corrected chi connectivity index (χ2v) is 8.44. The maximum absolute atomic E-state index is 14.2. The fraction of sp³-hybridized carbons (Fsp3) is 0. The number of hydrogen-bond acceptors (Lipinski definition) is 4. The number of sulfonamides is 1. The van der Waals surface area contributed by atoms with Crippen molar-refractivity contribution in [1.82, 2.24) is 0 Å². The van der Waals surface area contributed by atoms with Crippen LogP contribution in [-0.4, -0.2) is 21.4 Å². The van der Waals surface area contributed by atoms with E-state index < -0.39 is 41.3 Å². The molecule has 0 saturated heterocycles. The monoisotopic (exact) mass is 457 g/mol. The number of benzene rings is 2. The first-order chi connectivity index (χ1) is 10.0. The largest absolute Gasteiger partial charge is 0.295 e. The molecule has 0 atom stereocenters. The lowest BCUT2D eigenvalue weighted by atomic mass is 10.1. The van der Waals surface area contributed by atoms with Crippen LogP contribution in [0.15, 0.2) is 46.2 Å². The van der Waals surface area contributed by atoms with E-state index in [2.05, 4.69) is 0 Å². The molecule has 0 bridgehead atoms. The zero-order valence-electron chi connectivity index (χ0n) is 10.7. The zero-order valence-corrected chi connectivity index (χ0v) is 14.5. The lowest BCUT2D eigenvalue weighted by molar-refractivity contribution is 0.483. The molecule has 118 valence electrons. The molecule has 6 nitrogen and oxygen atoms in total. The summed E-state index contributed by atoms with van der Waals surface area (Å²) in [6.07, 6.45) is 0. The van der Waals surface area contributed by atoms with Gasteiger partial charge in [-0.25, -0.2) is 17.9 Å². The van der Waals surface area contributed by atoms with Gasteiger partial charge in [0.2, 0.25) is 10.0 Å². The molecule has 2 aromatic rings. The van der Waals surface area contributed by atoms with Gasteiger partial charge in [0.15, 0.2) is 0 Å². The van der Waals surface area contributed by atoms with Crippen molar-refractivity contribution in [1.29, 1.82) is 0 Å². The minimum atomic E-state index is -4.78. The van der Waals surface area contributed by atoms with Gasteiger partial charge in [0.25, 0.3) is 10.1 Å². The Bertz CT molecular complexity index is 907. The lowest BCUT2D eigenvalue weighted by Crippen LogP contribution is -2.15. The van der Waals surface area contributed by atoms with Crippen LogP contribution in [0.1, 0.15) is 0 Å². The molecule has 0 saturated carbocycles. The highest BCUT2D eigenvalue weighted by Crippen LogP contribution is 2.35. The van der Waals surface area contributed by atoms with E-state index in [1.54, 1.807) is 0 Å². The van der Waals surface area contributed by atoms with Crippen LogP contribution >= 0.6 is 22.6 Å². The smallest absolute Gasteiger partial charge is 0.282 e. The van der Waals surface area contributed by atoms with Crippen LogP contribution in [0.3, 0.4) is 0 Å². The maximum atomic E-state index is 14.2. The van der Waals surface area contributed by atoms with Gasteiger partial charge in [-0.1, -0.05) is 12.1 Å². The third kappa shape index (κ3) is 3.46. The van der Waals surface area contributed by atoms with Crippen molar-refractivity contribution in [2.24, 2.45) is 5.14 Å². The summed E-state index contributed by atoms with van der Waals surface area (Å²) < 4.78 is 70.2. The number of primary sulfonamides is 1. The quantitative estimate of drug-likeness (QED) is 0.541. The first kappa shape index (κ1) is 17.3. The van der Waals surface area contributed by atoms with E-state index in [9.17, 15) is 25.8 Å². The number of hydrogen-bond donors (Lipinski definition) is 2. The molecule has 0 aliphatic rings. The molecule has 0 spiro atoms. The SMILES string of the molecule is NS(=O)(=O)c1cccc(S(=O)(=O)O)c1-c1ccc(I)cc1F. The Morgan fingerprint density at radius 2 is 1.64 bits per heavy atom. The van der Waals surface area contributed by atoms with Gasteiger partial charge in [-0.15, -0.1) is 0 Å². The van der Waals surface area contributed by atoms with Gasteiger partial charge in [0.05, 0.1) is 4.90 Å². The summed E-state index contributed by atoms with van der Waals surface area (Å²) in [6.45, 7) is 0. The molecule has 0 unspecified atom stereocenters. The Labute approximate surface area is 140 Å². The predicted molar refractivity (Wildman–Crippen MR) is 85.7 cm³/mol. The first-order valence-corrected chi connectivity index (χ1v) is 9.67. The van der Waals surface area contributed by atoms with Crippen molar-refractivity contribution in [2.75, 3.05) is 0 Å². The fourth-order valence-corrected chi connectivity index (χ4v) is 3.94. The summed E-state index contributed by atoms with van der Waals surface area (Å²) in [5.41, 5.74) is -0.793. The Morgan fingerprint density at radius 1 is 1.05 bits per heavy atom. The molecule has 0 radical (unpaired) electrons. The fourth-order valence-electron chi connectivity index (χ4n) is 1.92. The van der Waals surface area contributed by atoms with E-state index in [1.807, 2.05) is 22.6 Å². The summed E-state index contributed by atoms with van der Waals surface area (Å²) in [5.74, 6) is -0.840. The number of nitrogens with two attached hydrogens (primary N) is 1. The Hall–Kier alpha value is -1.08. The van der Waals surface area contributed by atoms with E-state index in [0.29, 0.717) is 3.57 Å². The average Bonchev–Trinajstić information content (AvgIpc) is 2.36. The van der Waals surface area contributed by atoms with Gasteiger partial charge >= 0.3 is 0 Å². The summed E-state index contributed by atoms with van der Waals surface area (Å²) in [4.78, 5) is -1.33. The molecule has 0 aliphatic heterocycles. The van der Waals surface area contributed by atoms with Crippen LogP contribution in [0.5, 0.6) is 0 Å². The van der Waals surface area contributed by atoms with Crippen LogP contribution < -0.4 is 5.14 Å². The average molecular weight is 457 g/mol. The zero-order chi connectivity index (χ0) is 16.7. The van der Waals surface area contributed by atoms with E-state index in [0.717, 1.165) is 24.3 Å². The maximum Gasteiger partial charge on any atom is 0.295 e. The Balaban J connectivity index is 3.00. The molecule has 0 heterocycles. The predicted octanol–water partition coefficient (Wildman–Crippen LogP) is 1.99. The van der Waals surface area contributed by atoms with Crippen molar-refractivity contribution >= 4 is 42.7 Å². The minimum Gasteiger partial charge on any atom is -0.282 e. The van der Waals surface area contributed by atoms with Crippen molar-refractivity contribution in [3.05, 3.63) is 45.8 Å². The van der Waals surface area contributed by atoms with Gasteiger partial charge in [-0.3, -0.25) is 4.55 Å². The van der Waals surface area contributed by atoms with Gasteiger partial charge in [-0.2, -0.15) is 8.42 Å². The standard InChI is InChI=1S/C12H9FINO5S2/c13-9-6-7(14)4-5-8(9)12-10(21(15,16)17)2-1-3-11(12)22(18,19)20/h1-6H,(H2,15,16,17)(H,18,19,20). The highest BCUT2D eigenvalue weighted by atomic mass is 127. The van der Waals surface area contributed by atoms with Crippen LogP contribution in [0.2, 0.25) is 0 Å². The summed E-state index contributed by atoms with van der Waals surface area (Å²) in [6, 6.07) is 6.89. The van der Waals surface area contributed by atoms with Gasteiger partial charge in [0.1, 0.15) is 10.7 Å². The molecule has 2 aromatic carbocycles. The van der Waals surface area contributed by atoms with Crippen LogP contribution in [0.4, 0.5) is 4.39 Å². The van der Waals surface area contributed by atoms with Crippen molar-refractivity contribution in [2.45, 2.75) is 9.79 Å². The van der Waals surface area contributed by atoms with E-state index in [4.69, 9.17) is 5.14 Å². The molecule has 2 rings (SSSR count). The molecular formula is C12H9FINO5S2. The Kier molecular flexibility index (Phi) is 4.59. The lowest BCUT2D eigenvalue weighted by Gasteiger charge is -2.13. The summed E-state index contributed by atoms with van der Waals surface area (Å²) in [7, 11) is -9.12.